The minimum atomic E-state index is 0.599. The second-order valence-corrected chi connectivity index (χ2v) is 6.28. The molecule has 0 unspecified atom stereocenters. The molecule has 24 heavy (non-hydrogen) atoms. The van der Waals surface area contributed by atoms with E-state index in [0.29, 0.717) is 16.7 Å². The van der Waals surface area contributed by atoms with Gasteiger partial charge in [0.25, 0.3) is 0 Å². The number of nitrogens with zero attached hydrogens (tertiary/aromatic N) is 2. The highest BCUT2D eigenvalue weighted by atomic mass is 32.1. The molecule has 1 saturated carbocycles. The van der Waals surface area contributed by atoms with E-state index < -0.39 is 0 Å². The van der Waals surface area contributed by atoms with Crippen molar-refractivity contribution in [3.05, 3.63) is 42.1 Å². The van der Waals surface area contributed by atoms with Crippen molar-refractivity contribution in [1.82, 2.24) is 15.3 Å². The van der Waals surface area contributed by atoms with Gasteiger partial charge in [-0.3, -0.25) is 9.78 Å². The van der Waals surface area contributed by atoms with Gasteiger partial charge in [-0.2, -0.15) is 0 Å². The minimum absolute atomic E-state index is 0.599. The Balaban J connectivity index is 0.000000174. The van der Waals surface area contributed by atoms with Crippen LogP contribution in [0.25, 0.3) is 10.9 Å². The van der Waals surface area contributed by atoms with E-state index in [1.807, 2.05) is 31.3 Å². The number of nitrogens with one attached hydrogen (secondary N) is 1. The molecule has 0 atom stereocenters. The van der Waals surface area contributed by atoms with Crippen LogP contribution in [0, 0.1) is 0 Å². The molecule has 1 aromatic carbocycles. The van der Waals surface area contributed by atoms with Gasteiger partial charge in [0, 0.05) is 30.2 Å². The van der Waals surface area contributed by atoms with Crippen molar-refractivity contribution < 1.29 is 4.79 Å². The molecule has 1 aliphatic rings. The number of para-hydroxylation sites is 1. The summed E-state index contributed by atoms with van der Waals surface area (Å²) < 4.78 is 0. The van der Waals surface area contributed by atoms with Gasteiger partial charge in [0.15, 0.2) is 11.4 Å². The van der Waals surface area contributed by atoms with Gasteiger partial charge >= 0.3 is 0 Å². The van der Waals surface area contributed by atoms with E-state index >= 15 is 0 Å². The van der Waals surface area contributed by atoms with Crippen molar-refractivity contribution in [3.8, 4) is 0 Å². The average Bonchev–Trinajstić information content (AvgIpc) is 2.67. The normalized spacial score (nSPS) is 14.4. The lowest BCUT2D eigenvalue weighted by atomic mass is 9.95. The molecule has 0 saturated heterocycles. The molecule has 1 heterocycles. The van der Waals surface area contributed by atoms with Gasteiger partial charge in [-0.1, -0.05) is 37.5 Å². The molecule has 3 rings (SSSR count). The highest BCUT2D eigenvalue weighted by Gasteiger charge is 2.18. The summed E-state index contributed by atoms with van der Waals surface area (Å²) >= 11 is 5.05. The van der Waals surface area contributed by atoms with Gasteiger partial charge < -0.3 is 10.3 Å². The van der Waals surface area contributed by atoms with E-state index in [0.717, 1.165) is 17.2 Å². The number of fused-ring (bicyclic) bond motifs is 1. The number of hydrogen-bond acceptors (Lipinski definition) is 4. The van der Waals surface area contributed by atoms with Gasteiger partial charge in [-0.15, -0.1) is 0 Å². The summed E-state index contributed by atoms with van der Waals surface area (Å²) in [6.07, 6.45) is 9.03. The van der Waals surface area contributed by atoms with Crippen LogP contribution in [-0.4, -0.2) is 34.4 Å². The number of nitrogens with two attached hydrogens (primary N) is 1. The monoisotopic (exact) mass is 344 g/mol. The Morgan fingerprint density at radius 2 is 2.00 bits per heavy atom. The Hall–Kier alpha value is -2.05. The first-order valence-electron chi connectivity index (χ1n) is 8.19. The summed E-state index contributed by atoms with van der Waals surface area (Å²) in [4.78, 5) is 16.8. The molecule has 0 radical (unpaired) electrons. The molecule has 3 N–H and O–H groups in total. The number of carbonyl (C=O) groups is 1. The van der Waals surface area contributed by atoms with Gasteiger partial charge in [0.2, 0.25) is 0 Å². The van der Waals surface area contributed by atoms with E-state index in [1.165, 1.54) is 32.1 Å². The van der Waals surface area contributed by atoms with Crippen LogP contribution in [0.3, 0.4) is 0 Å². The molecular weight excluding hydrogens is 320 g/mol. The molecule has 0 bridgehead atoms. The number of carbonyl (C=O) groups excluding carboxylic acids is 1. The number of aldehydes is 1. The third-order valence-electron chi connectivity index (χ3n) is 4.36. The van der Waals surface area contributed by atoms with Crippen molar-refractivity contribution in [3.63, 3.8) is 0 Å². The van der Waals surface area contributed by atoms with Gasteiger partial charge in [-0.05, 0) is 37.2 Å². The summed E-state index contributed by atoms with van der Waals surface area (Å²) in [5.41, 5.74) is 3.94. The van der Waals surface area contributed by atoms with Crippen LogP contribution in [0.1, 0.15) is 42.5 Å². The molecule has 0 aliphatic heterocycles. The predicted octanol–water partition coefficient (Wildman–Crippen LogP) is 3.05. The van der Waals surface area contributed by atoms with Crippen LogP contribution < -0.4 is 11.3 Å². The lowest BCUT2D eigenvalue weighted by molar-refractivity contribution is 0.112. The highest BCUT2D eigenvalue weighted by Crippen LogP contribution is 2.21. The molecule has 0 spiro atoms. The van der Waals surface area contributed by atoms with E-state index in [-0.39, 0.29) is 0 Å². The first kappa shape index (κ1) is 18.3. The molecule has 6 heteroatoms. The summed E-state index contributed by atoms with van der Waals surface area (Å²) in [5.74, 6) is 5.25. The van der Waals surface area contributed by atoms with Gasteiger partial charge in [-0.25, -0.2) is 5.84 Å². The lowest BCUT2D eigenvalue weighted by Crippen LogP contribution is -2.46. The van der Waals surface area contributed by atoms with Crippen LogP contribution in [0.15, 0.2) is 36.5 Å². The second kappa shape index (κ2) is 9.30. The maximum atomic E-state index is 10.6. The standard InChI is InChI=1S/C10H7NO.C8H17N3S/c12-7-9-4-1-3-8-5-2-6-11-10(8)9;1-11(8(12)10-9)7-5-3-2-4-6-7/h1-7H;7H,2-6,9H2,1H3,(H,10,12). The van der Waals surface area contributed by atoms with E-state index in [2.05, 4.69) is 15.3 Å². The Labute approximate surface area is 148 Å². The zero-order valence-corrected chi connectivity index (χ0v) is 14.8. The molecule has 5 nitrogen and oxygen atoms in total. The fourth-order valence-electron chi connectivity index (χ4n) is 2.96. The molecule has 1 aliphatic carbocycles. The fraction of sp³-hybridized carbons (Fsp3) is 0.389. The van der Waals surface area contributed by atoms with Crippen LogP contribution in [0.2, 0.25) is 0 Å². The number of hydrogen-bond donors (Lipinski definition) is 2. The van der Waals surface area contributed by atoms with Crippen molar-refractivity contribution in [2.24, 2.45) is 5.84 Å². The van der Waals surface area contributed by atoms with Gasteiger partial charge in [0.05, 0.1) is 5.52 Å². The number of aromatic nitrogens is 1. The topological polar surface area (TPSA) is 71.2 Å². The summed E-state index contributed by atoms with van der Waals surface area (Å²) in [5, 5.41) is 1.66. The third-order valence-corrected chi connectivity index (χ3v) is 4.76. The highest BCUT2D eigenvalue weighted by molar-refractivity contribution is 7.80. The number of thiocarbonyl (C=S) groups is 1. The van der Waals surface area contributed by atoms with E-state index in [4.69, 9.17) is 18.1 Å². The Bertz CT molecular complexity index is 680. The zero-order valence-electron chi connectivity index (χ0n) is 13.9. The van der Waals surface area contributed by atoms with Crippen LogP contribution >= 0.6 is 12.2 Å². The van der Waals surface area contributed by atoms with Crippen LogP contribution in [0.4, 0.5) is 0 Å². The second-order valence-electron chi connectivity index (χ2n) is 5.89. The lowest BCUT2D eigenvalue weighted by Gasteiger charge is -2.32. The average molecular weight is 344 g/mol. The Kier molecular flexibility index (Phi) is 7.08. The maximum Gasteiger partial charge on any atom is 0.183 e. The van der Waals surface area contributed by atoms with Crippen molar-refractivity contribution >= 4 is 34.5 Å². The number of pyridine rings is 1. The quantitative estimate of drug-likeness (QED) is 0.378. The molecule has 2 aromatic rings. The molecule has 0 amide bonds. The third kappa shape index (κ3) is 4.72. The molecule has 128 valence electrons. The zero-order chi connectivity index (χ0) is 17.4. The molecule has 1 fully saturated rings. The predicted molar refractivity (Wildman–Crippen MR) is 102 cm³/mol. The molecule has 1 aromatic heterocycles. The maximum absolute atomic E-state index is 10.6. The first-order chi connectivity index (χ1) is 11.7. The van der Waals surface area contributed by atoms with Crippen molar-refractivity contribution in [2.45, 2.75) is 38.1 Å². The Morgan fingerprint density at radius 1 is 1.29 bits per heavy atom. The van der Waals surface area contributed by atoms with E-state index in [9.17, 15) is 4.79 Å². The van der Waals surface area contributed by atoms with Crippen molar-refractivity contribution in [2.75, 3.05) is 7.05 Å². The minimum Gasteiger partial charge on any atom is -0.348 e. The molecular formula is C18H24N4OS. The number of hydrazine groups is 1. The Morgan fingerprint density at radius 3 is 2.67 bits per heavy atom. The first-order valence-corrected chi connectivity index (χ1v) is 8.60. The smallest absolute Gasteiger partial charge is 0.183 e. The van der Waals surface area contributed by atoms with Crippen LogP contribution in [-0.2, 0) is 0 Å². The van der Waals surface area contributed by atoms with Crippen LogP contribution in [0.5, 0.6) is 0 Å². The summed E-state index contributed by atoms with van der Waals surface area (Å²) in [7, 11) is 2.01. The van der Waals surface area contributed by atoms with Gasteiger partial charge in [0.1, 0.15) is 0 Å². The number of rotatable bonds is 2. The fourth-order valence-corrected chi connectivity index (χ4v) is 3.11. The largest absolute Gasteiger partial charge is 0.348 e. The van der Waals surface area contributed by atoms with Crippen molar-refractivity contribution in [1.29, 1.82) is 0 Å². The number of benzene rings is 1. The van der Waals surface area contributed by atoms with E-state index in [1.54, 1.807) is 12.3 Å². The summed E-state index contributed by atoms with van der Waals surface area (Å²) in [6.45, 7) is 0. The summed E-state index contributed by atoms with van der Waals surface area (Å²) in [6, 6.07) is 9.96. The SMILES string of the molecule is CN(C(=S)NN)C1CCCCC1.O=Cc1cccc2cccnc12.